The molecule has 184 valence electrons. The van der Waals surface area contributed by atoms with Gasteiger partial charge in [-0.25, -0.2) is 13.8 Å². The maximum Gasteiger partial charge on any atom is 0.264 e. The highest BCUT2D eigenvalue weighted by molar-refractivity contribution is 7.92. The quantitative estimate of drug-likeness (QED) is 0.344. The molecule has 3 aromatic rings. The SMILES string of the molecule is CCOc1cc(/C=N\NC(=O)CN(c2ccc(C)c(C)c2)S(=O)(=O)c2ccc(C)cc2)ccc1O. The lowest BCUT2D eigenvalue weighted by atomic mass is 10.1. The zero-order chi connectivity index (χ0) is 25.6. The van der Waals surface area contributed by atoms with Crippen LogP contribution in [0.4, 0.5) is 5.69 Å². The number of ether oxygens (including phenoxy) is 1. The van der Waals surface area contributed by atoms with Gasteiger partial charge < -0.3 is 9.84 Å². The molecule has 3 rings (SSSR count). The number of hydrogen-bond donors (Lipinski definition) is 2. The van der Waals surface area contributed by atoms with Gasteiger partial charge in [-0.05, 0) is 86.8 Å². The highest BCUT2D eigenvalue weighted by atomic mass is 32.2. The van der Waals surface area contributed by atoms with Gasteiger partial charge in [0, 0.05) is 0 Å². The fraction of sp³-hybridized carbons (Fsp3) is 0.231. The molecular formula is C26H29N3O5S. The molecule has 0 saturated heterocycles. The smallest absolute Gasteiger partial charge is 0.264 e. The fourth-order valence-corrected chi connectivity index (χ4v) is 4.67. The van der Waals surface area contributed by atoms with Crippen LogP contribution in [0.1, 0.15) is 29.2 Å². The molecule has 8 nitrogen and oxygen atoms in total. The number of amides is 1. The van der Waals surface area contributed by atoms with E-state index in [0.717, 1.165) is 21.0 Å². The second kappa shape index (κ2) is 11.1. The fourth-order valence-electron chi connectivity index (χ4n) is 3.26. The van der Waals surface area contributed by atoms with Crippen LogP contribution in [-0.4, -0.2) is 38.8 Å². The average molecular weight is 496 g/mol. The lowest BCUT2D eigenvalue weighted by Gasteiger charge is -2.24. The molecule has 0 aliphatic heterocycles. The molecule has 0 aromatic heterocycles. The van der Waals surface area contributed by atoms with Crippen LogP contribution in [0.5, 0.6) is 11.5 Å². The Kier molecular flexibility index (Phi) is 8.14. The van der Waals surface area contributed by atoms with Crippen molar-refractivity contribution < 1.29 is 23.1 Å². The van der Waals surface area contributed by atoms with Crippen molar-refractivity contribution in [2.24, 2.45) is 5.10 Å². The molecule has 35 heavy (non-hydrogen) atoms. The summed E-state index contributed by atoms with van der Waals surface area (Å²) in [6.45, 7) is 7.40. The summed E-state index contributed by atoms with van der Waals surface area (Å²) >= 11 is 0. The topological polar surface area (TPSA) is 108 Å². The van der Waals surface area contributed by atoms with Crippen LogP contribution in [0, 0.1) is 20.8 Å². The summed E-state index contributed by atoms with van der Waals surface area (Å²) in [5.41, 5.74) is 6.19. The Morgan fingerprint density at radius 3 is 2.40 bits per heavy atom. The van der Waals surface area contributed by atoms with Crippen molar-refractivity contribution in [3.05, 3.63) is 82.9 Å². The lowest BCUT2D eigenvalue weighted by Crippen LogP contribution is -2.39. The van der Waals surface area contributed by atoms with Crippen molar-refractivity contribution in [1.29, 1.82) is 0 Å². The number of benzene rings is 3. The first-order valence-electron chi connectivity index (χ1n) is 11.1. The highest BCUT2D eigenvalue weighted by Crippen LogP contribution is 2.27. The van der Waals surface area contributed by atoms with Gasteiger partial charge in [-0.3, -0.25) is 9.10 Å². The Balaban J connectivity index is 1.84. The number of carbonyl (C=O) groups excluding carboxylic acids is 1. The first-order valence-corrected chi connectivity index (χ1v) is 12.5. The molecular weight excluding hydrogens is 466 g/mol. The van der Waals surface area contributed by atoms with Gasteiger partial charge in [0.25, 0.3) is 15.9 Å². The van der Waals surface area contributed by atoms with E-state index in [1.807, 2.05) is 26.8 Å². The molecule has 3 aromatic carbocycles. The molecule has 0 fully saturated rings. The number of anilines is 1. The molecule has 0 unspecified atom stereocenters. The number of sulfonamides is 1. The molecule has 0 atom stereocenters. The first kappa shape index (κ1) is 25.8. The molecule has 0 heterocycles. The average Bonchev–Trinajstić information content (AvgIpc) is 2.82. The summed E-state index contributed by atoms with van der Waals surface area (Å²) in [7, 11) is -4.01. The molecule has 9 heteroatoms. The predicted octanol–water partition coefficient (Wildman–Crippen LogP) is 4.06. The molecule has 0 radical (unpaired) electrons. The number of hydrogen-bond acceptors (Lipinski definition) is 6. The highest BCUT2D eigenvalue weighted by Gasteiger charge is 2.27. The third-order valence-corrected chi connectivity index (χ3v) is 7.15. The van der Waals surface area contributed by atoms with Gasteiger partial charge in [0.1, 0.15) is 6.54 Å². The van der Waals surface area contributed by atoms with Gasteiger partial charge in [-0.15, -0.1) is 0 Å². The predicted molar refractivity (Wildman–Crippen MR) is 137 cm³/mol. The van der Waals surface area contributed by atoms with Crippen molar-refractivity contribution in [3.8, 4) is 11.5 Å². The van der Waals surface area contributed by atoms with Crippen molar-refractivity contribution in [1.82, 2.24) is 5.43 Å². The van der Waals surface area contributed by atoms with E-state index in [9.17, 15) is 18.3 Å². The Morgan fingerprint density at radius 2 is 1.74 bits per heavy atom. The van der Waals surface area contributed by atoms with E-state index in [4.69, 9.17) is 4.74 Å². The molecule has 0 saturated carbocycles. The molecule has 2 N–H and O–H groups in total. The number of carbonyl (C=O) groups is 1. The number of rotatable bonds is 9. The monoisotopic (exact) mass is 495 g/mol. The van der Waals surface area contributed by atoms with Crippen molar-refractivity contribution in [2.75, 3.05) is 17.5 Å². The van der Waals surface area contributed by atoms with Crippen LogP contribution in [-0.2, 0) is 14.8 Å². The van der Waals surface area contributed by atoms with E-state index in [1.54, 1.807) is 43.3 Å². The standard InChI is InChI=1S/C26H29N3O5S/c1-5-34-25-15-21(9-13-24(25)30)16-27-28-26(31)17-29(22-10-8-19(3)20(4)14-22)35(32,33)23-11-6-18(2)7-12-23/h6-16,30H,5,17H2,1-4H3,(H,28,31)/b27-16-. The van der Waals surface area contributed by atoms with Gasteiger partial charge in [0.2, 0.25) is 0 Å². The van der Waals surface area contributed by atoms with E-state index in [0.29, 0.717) is 23.6 Å². The van der Waals surface area contributed by atoms with Crippen molar-refractivity contribution in [3.63, 3.8) is 0 Å². The molecule has 0 aliphatic carbocycles. The summed E-state index contributed by atoms with van der Waals surface area (Å²) in [5, 5.41) is 13.7. The zero-order valence-corrected chi connectivity index (χ0v) is 21.0. The number of aryl methyl sites for hydroxylation is 3. The van der Waals surface area contributed by atoms with E-state index >= 15 is 0 Å². The minimum Gasteiger partial charge on any atom is -0.504 e. The molecule has 0 aliphatic rings. The van der Waals surface area contributed by atoms with E-state index in [2.05, 4.69) is 10.5 Å². The number of phenolic OH excluding ortho intramolecular Hbond substituents is 1. The summed E-state index contributed by atoms with van der Waals surface area (Å²) in [4.78, 5) is 12.8. The Hall–Kier alpha value is -3.85. The van der Waals surface area contributed by atoms with E-state index < -0.39 is 22.5 Å². The second-order valence-electron chi connectivity index (χ2n) is 8.05. The van der Waals surface area contributed by atoms with Crippen molar-refractivity contribution >= 4 is 27.8 Å². The maximum absolute atomic E-state index is 13.5. The second-order valence-corrected chi connectivity index (χ2v) is 9.91. The maximum atomic E-state index is 13.5. The number of aromatic hydroxyl groups is 1. The third kappa shape index (κ3) is 6.39. The van der Waals surface area contributed by atoms with Gasteiger partial charge >= 0.3 is 0 Å². The van der Waals surface area contributed by atoms with Gasteiger partial charge in [0.15, 0.2) is 11.5 Å². The minimum atomic E-state index is -4.01. The van der Waals surface area contributed by atoms with Gasteiger partial charge in [0.05, 0.1) is 23.4 Å². The summed E-state index contributed by atoms with van der Waals surface area (Å²) in [5.74, 6) is -0.315. The van der Waals surface area contributed by atoms with Crippen LogP contribution >= 0.6 is 0 Å². The molecule has 0 bridgehead atoms. The van der Waals surface area contributed by atoms with Crippen molar-refractivity contribution in [2.45, 2.75) is 32.6 Å². The Morgan fingerprint density at radius 1 is 1.03 bits per heavy atom. The number of hydrazone groups is 1. The Labute approximate surface area is 205 Å². The molecule has 0 spiro atoms. The summed E-state index contributed by atoms with van der Waals surface area (Å²) in [6.07, 6.45) is 1.38. The number of nitrogens with zero attached hydrogens (tertiary/aromatic N) is 2. The summed E-state index contributed by atoms with van der Waals surface area (Å²) in [6, 6.07) is 16.4. The normalized spacial score (nSPS) is 11.4. The van der Waals surface area contributed by atoms with Crippen LogP contribution in [0.3, 0.4) is 0 Å². The number of phenols is 1. The Bertz CT molecular complexity index is 1340. The molecule has 1 amide bonds. The lowest BCUT2D eigenvalue weighted by molar-refractivity contribution is -0.119. The van der Waals surface area contributed by atoms with Crippen LogP contribution in [0.15, 0.2) is 70.7 Å². The van der Waals surface area contributed by atoms with Crippen LogP contribution in [0.25, 0.3) is 0 Å². The van der Waals surface area contributed by atoms with Gasteiger partial charge in [-0.2, -0.15) is 5.10 Å². The van der Waals surface area contributed by atoms with E-state index in [1.165, 1.54) is 24.4 Å². The third-order valence-electron chi connectivity index (χ3n) is 5.36. The van der Waals surface area contributed by atoms with E-state index in [-0.39, 0.29) is 10.6 Å². The summed E-state index contributed by atoms with van der Waals surface area (Å²) < 4.78 is 33.4. The van der Waals surface area contributed by atoms with Crippen LogP contribution < -0.4 is 14.5 Å². The first-order chi connectivity index (χ1) is 16.6. The van der Waals surface area contributed by atoms with Gasteiger partial charge in [-0.1, -0.05) is 23.8 Å². The zero-order valence-electron chi connectivity index (χ0n) is 20.1. The largest absolute Gasteiger partial charge is 0.504 e. The number of nitrogens with one attached hydrogen (secondary N) is 1. The van der Waals surface area contributed by atoms with Crippen LogP contribution in [0.2, 0.25) is 0 Å². The minimum absolute atomic E-state index is 0.00150.